The molecule has 4 heteroatoms. The van der Waals surface area contributed by atoms with Gasteiger partial charge in [0.25, 0.3) is 5.91 Å². The highest BCUT2D eigenvalue weighted by atomic mass is 16.2. The van der Waals surface area contributed by atoms with E-state index in [-0.39, 0.29) is 11.7 Å². The van der Waals surface area contributed by atoms with Crippen molar-refractivity contribution in [1.82, 2.24) is 4.98 Å². The lowest BCUT2D eigenvalue weighted by Gasteiger charge is -2.10. The van der Waals surface area contributed by atoms with Crippen molar-refractivity contribution in [2.45, 2.75) is 0 Å². The number of ketones is 1. The molecule has 0 atom stereocenters. The third-order valence-corrected chi connectivity index (χ3v) is 4.30. The van der Waals surface area contributed by atoms with Crippen molar-refractivity contribution in [2.75, 3.05) is 5.32 Å². The number of aromatic nitrogens is 1. The average molecular weight is 352 g/mol. The minimum Gasteiger partial charge on any atom is -0.321 e. The number of hydrogen-bond donors (Lipinski definition) is 1. The fraction of sp³-hybridized carbons (Fsp3) is 0. The molecule has 0 aliphatic heterocycles. The van der Waals surface area contributed by atoms with Gasteiger partial charge in [0.05, 0.1) is 23.0 Å². The number of nitrogens with zero attached hydrogens (tertiary/aromatic N) is 1. The van der Waals surface area contributed by atoms with Gasteiger partial charge in [0, 0.05) is 16.5 Å². The van der Waals surface area contributed by atoms with Gasteiger partial charge in [-0.1, -0.05) is 66.7 Å². The van der Waals surface area contributed by atoms with Crippen LogP contribution in [0.15, 0.2) is 91.1 Å². The third-order valence-electron chi connectivity index (χ3n) is 4.30. The molecule has 27 heavy (non-hydrogen) atoms. The number of fused-ring (bicyclic) bond motifs is 1. The predicted molar refractivity (Wildman–Crippen MR) is 106 cm³/mol. The van der Waals surface area contributed by atoms with Gasteiger partial charge in [-0.05, 0) is 18.2 Å². The van der Waals surface area contributed by atoms with E-state index in [2.05, 4.69) is 10.3 Å². The first kappa shape index (κ1) is 16.7. The van der Waals surface area contributed by atoms with E-state index >= 15 is 0 Å². The Morgan fingerprint density at radius 2 is 1.41 bits per heavy atom. The van der Waals surface area contributed by atoms with Gasteiger partial charge in [0.2, 0.25) is 0 Å². The molecule has 1 N–H and O–H groups in total. The molecule has 0 aliphatic carbocycles. The molecule has 4 aromatic rings. The Morgan fingerprint density at radius 3 is 2.22 bits per heavy atom. The molecule has 4 nitrogen and oxygen atoms in total. The Kier molecular flexibility index (Phi) is 4.45. The van der Waals surface area contributed by atoms with Gasteiger partial charge in [0.15, 0.2) is 5.78 Å². The fourth-order valence-electron chi connectivity index (χ4n) is 2.96. The number of carbonyl (C=O) groups is 2. The van der Waals surface area contributed by atoms with E-state index in [4.69, 9.17) is 0 Å². The Balaban J connectivity index is 1.65. The predicted octanol–water partition coefficient (Wildman–Crippen LogP) is 4.72. The number of carbonyl (C=O) groups excluding carboxylic acids is 2. The lowest BCUT2D eigenvalue weighted by molar-refractivity contribution is 0.0996. The Labute approximate surface area is 156 Å². The van der Waals surface area contributed by atoms with Crippen LogP contribution in [0.5, 0.6) is 0 Å². The molecular formula is C23H16N2O2. The first-order chi connectivity index (χ1) is 13.2. The monoisotopic (exact) mass is 352 g/mol. The van der Waals surface area contributed by atoms with E-state index in [1.165, 1.54) is 0 Å². The van der Waals surface area contributed by atoms with Crippen molar-refractivity contribution in [2.24, 2.45) is 0 Å². The molecule has 0 unspecified atom stereocenters. The van der Waals surface area contributed by atoms with Crippen molar-refractivity contribution in [3.05, 3.63) is 108 Å². The Hall–Kier alpha value is -3.79. The molecule has 0 saturated heterocycles. The molecule has 0 radical (unpaired) electrons. The summed E-state index contributed by atoms with van der Waals surface area (Å²) in [5.41, 5.74) is 2.69. The van der Waals surface area contributed by atoms with Crippen LogP contribution >= 0.6 is 0 Å². The van der Waals surface area contributed by atoms with E-state index in [9.17, 15) is 9.59 Å². The van der Waals surface area contributed by atoms with Crippen LogP contribution in [-0.4, -0.2) is 16.7 Å². The summed E-state index contributed by atoms with van der Waals surface area (Å²) in [5.74, 6) is -0.523. The Morgan fingerprint density at radius 1 is 0.741 bits per heavy atom. The molecule has 4 rings (SSSR count). The maximum atomic E-state index is 12.8. The largest absolute Gasteiger partial charge is 0.321 e. The number of para-hydroxylation sites is 1. The summed E-state index contributed by atoms with van der Waals surface area (Å²) in [6.45, 7) is 0. The lowest BCUT2D eigenvalue weighted by atomic mass is 9.98. The van der Waals surface area contributed by atoms with Crippen LogP contribution in [0, 0.1) is 0 Å². The van der Waals surface area contributed by atoms with Crippen LogP contribution in [0.25, 0.3) is 10.9 Å². The number of amides is 1. The number of benzene rings is 3. The van der Waals surface area contributed by atoms with Crippen LogP contribution in [0.1, 0.15) is 26.3 Å². The third kappa shape index (κ3) is 3.46. The topological polar surface area (TPSA) is 59.1 Å². The smallest absolute Gasteiger partial charge is 0.256 e. The minimum absolute atomic E-state index is 0.182. The van der Waals surface area contributed by atoms with Crippen LogP contribution in [0.2, 0.25) is 0 Å². The summed E-state index contributed by atoms with van der Waals surface area (Å²) in [5, 5.41) is 3.78. The number of anilines is 1. The second-order valence-corrected chi connectivity index (χ2v) is 6.11. The summed E-state index contributed by atoms with van der Waals surface area (Å²) in [6, 6.07) is 25.3. The second kappa shape index (κ2) is 7.22. The molecule has 0 bridgehead atoms. The number of pyridine rings is 1. The highest BCUT2D eigenvalue weighted by Crippen LogP contribution is 2.19. The summed E-state index contributed by atoms with van der Waals surface area (Å²) >= 11 is 0. The molecule has 0 aliphatic rings. The van der Waals surface area contributed by atoms with Crippen molar-refractivity contribution in [3.63, 3.8) is 0 Å². The summed E-state index contributed by atoms with van der Waals surface area (Å²) in [4.78, 5) is 30.0. The molecule has 0 fully saturated rings. The molecule has 3 aromatic carbocycles. The first-order valence-corrected chi connectivity index (χ1v) is 8.57. The van der Waals surface area contributed by atoms with E-state index < -0.39 is 0 Å². The molecule has 130 valence electrons. The molecule has 1 amide bonds. The molecular weight excluding hydrogens is 336 g/mol. The van der Waals surface area contributed by atoms with Crippen LogP contribution in [0.4, 0.5) is 5.69 Å². The van der Waals surface area contributed by atoms with Crippen molar-refractivity contribution < 1.29 is 9.59 Å². The summed E-state index contributed by atoms with van der Waals surface area (Å²) < 4.78 is 0. The number of hydrogen-bond acceptors (Lipinski definition) is 3. The quantitative estimate of drug-likeness (QED) is 0.541. The normalized spacial score (nSPS) is 10.5. The maximum Gasteiger partial charge on any atom is 0.256 e. The van der Waals surface area contributed by atoms with Crippen molar-refractivity contribution in [3.8, 4) is 0 Å². The van der Waals surface area contributed by atoms with Gasteiger partial charge in [0.1, 0.15) is 0 Å². The van der Waals surface area contributed by atoms with E-state index in [0.717, 1.165) is 10.9 Å². The highest BCUT2D eigenvalue weighted by molar-refractivity contribution is 6.17. The second-order valence-electron chi connectivity index (χ2n) is 6.11. The zero-order chi connectivity index (χ0) is 18.6. The molecule has 0 saturated carbocycles. The minimum atomic E-state index is -0.341. The average Bonchev–Trinajstić information content (AvgIpc) is 2.73. The summed E-state index contributed by atoms with van der Waals surface area (Å²) in [6.07, 6.45) is 1.61. The number of nitrogens with one attached hydrogen (secondary N) is 1. The first-order valence-electron chi connectivity index (χ1n) is 8.57. The van der Waals surface area contributed by atoms with Crippen molar-refractivity contribution in [1.29, 1.82) is 0 Å². The van der Waals surface area contributed by atoms with Gasteiger partial charge in [-0.25, -0.2) is 0 Å². The van der Waals surface area contributed by atoms with E-state index in [1.807, 2.05) is 36.4 Å². The zero-order valence-electron chi connectivity index (χ0n) is 14.4. The fourth-order valence-corrected chi connectivity index (χ4v) is 2.96. The maximum absolute atomic E-state index is 12.8. The lowest BCUT2D eigenvalue weighted by Crippen LogP contribution is -2.17. The van der Waals surface area contributed by atoms with Crippen LogP contribution in [-0.2, 0) is 0 Å². The van der Waals surface area contributed by atoms with E-state index in [1.54, 1.807) is 54.7 Å². The molecule has 0 spiro atoms. The Bertz CT molecular complexity index is 1140. The number of rotatable bonds is 4. The summed E-state index contributed by atoms with van der Waals surface area (Å²) in [7, 11) is 0. The van der Waals surface area contributed by atoms with Crippen molar-refractivity contribution >= 4 is 28.3 Å². The molecule has 1 heterocycles. The van der Waals surface area contributed by atoms with Gasteiger partial charge < -0.3 is 5.32 Å². The van der Waals surface area contributed by atoms with Crippen LogP contribution in [0.3, 0.4) is 0 Å². The standard InChI is InChI=1S/C23H16N2O2/c26-22(16-8-2-1-3-9-16)19-11-5-6-12-20(19)23(27)25-18-14-17-10-4-7-13-21(17)24-15-18/h1-15H,(H,25,27). The van der Waals surface area contributed by atoms with E-state index in [0.29, 0.717) is 22.4 Å². The molecule has 1 aromatic heterocycles. The SMILES string of the molecule is O=C(Nc1cnc2ccccc2c1)c1ccccc1C(=O)c1ccccc1. The highest BCUT2D eigenvalue weighted by Gasteiger charge is 2.18. The van der Waals surface area contributed by atoms with Gasteiger partial charge >= 0.3 is 0 Å². The zero-order valence-corrected chi connectivity index (χ0v) is 14.4. The van der Waals surface area contributed by atoms with Gasteiger partial charge in [-0.2, -0.15) is 0 Å². The van der Waals surface area contributed by atoms with Gasteiger partial charge in [-0.3, -0.25) is 14.6 Å². The van der Waals surface area contributed by atoms with Gasteiger partial charge in [-0.15, -0.1) is 0 Å². The van der Waals surface area contributed by atoms with Crippen LogP contribution < -0.4 is 5.32 Å².